The smallest absolute Gasteiger partial charge is 0.0319 e. The molecule has 1 N–H and O–H groups in total. The first-order valence-electron chi connectivity index (χ1n) is 5.28. The number of aliphatic hydroxyl groups excluding tert-OH is 1. The molecule has 0 amide bonds. The molecule has 0 fully saturated rings. The van der Waals surface area contributed by atoms with Crippen molar-refractivity contribution >= 4 is 0 Å². The zero-order valence-electron chi connectivity index (χ0n) is 9.69. The van der Waals surface area contributed by atoms with E-state index in [-0.39, 0.29) is 0 Å². The standard InChI is InChI=1S/2C5H12.CH4O/c2*1-3-5-4-2;1-2/h2*3-5H2,1-2H3;2H,1H3. The van der Waals surface area contributed by atoms with Crippen molar-refractivity contribution in [2.75, 3.05) is 7.11 Å². The van der Waals surface area contributed by atoms with Crippen molar-refractivity contribution < 1.29 is 5.11 Å². The van der Waals surface area contributed by atoms with Gasteiger partial charge in [-0.2, -0.15) is 0 Å². The fourth-order valence-corrected chi connectivity index (χ4v) is 0.707. The maximum absolute atomic E-state index is 7.00. The molecule has 12 heavy (non-hydrogen) atoms. The second-order valence-electron chi connectivity index (χ2n) is 2.71. The van der Waals surface area contributed by atoms with Gasteiger partial charge in [0.2, 0.25) is 0 Å². The molecule has 0 aliphatic carbocycles. The van der Waals surface area contributed by atoms with Crippen LogP contribution in [-0.2, 0) is 0 Å². The van der Waals surface area contributed by atoms with Crippen molar-refractivity contribution in [1.29, 1.82) is 0 Å². The highest BCUT2D eigenvalue weighted by Gasteiger charge is 1.68. The normalized spacial score (nSPS) is 7.50. The summed E-state index contributed by atoms with van der Waals surface area (Å²) in [6, 6.07) is 0. The Hall–Kier alpha value is -0.0400. The molecule has 78 valence electrons. The van der Waals surface area contributed by atoms with Crippen molar-refractivity contribution in [3.63, 3.8) is 0 Å². The van der Waals surface area contributed by atoms with Crippen molar-refractivity contribution in [3.05, 3.63) is 0 Å². The van der Waals surface area contributed by atoms with E-state index in [1.54, 1.807) is 0 Å². The largest absolute Gasteiger partial charge is 0.400 e. The van der Waals surface area contributed by atoms with E-state index in [0.29, 0.717) is 0 Å². The molecule has 1 nitrogen and oxygen atoms in total. The number of hydrogen-bond donors (Lipinski definition) is 1. The van der Waals surface area contributed by atoms with E-state index < -0.39 is 0 Å². The summed E-state index contributed by atoms with van der Waals surface area (Å²) < 4.78 is 0. The van der Waals surface area contributed by atoms with E-state index in [2.05, 4.69) is 27.7 Å². The second-order valence-corrected chi connectivity index (χ2v) is 2.71. The van der Waals surface area contributed by atoms with Crippen molar-refractivity contribution in [1.82, 2.24) is 0 Å². The molecule has 1 heteroatoms. The van der Waals surface area contributed by atoms with Crippen molar-refractivity contribution in [2.24, 2.45) is 0 Å². The summed E-state index contributed by atoms with van der Waals surface area (Å²) in [6.45, 7) is 8.85. The maximum atomic E-state index is 7.00. The quantitative estimate of drug-likeness (QED) is 0.686. The number of hydrogen-bond acceptors (Lipinski definition) is 1. The average Bonchev–Trinajstić information content (AvgIpc) is 2.12. The van der Waals surface area contributed by atoms with Crippen LogP contribution >= 0.6 is 0 Å². The third-order valence-corrected chi connectivity index (χ3v) is 1.41. The Labute approximate surface area is 79.2 Å². The SMILES string of the molecule is CCCCC.CCCCC.CO. The number of unbranched alkanes of at least 4 members (excludes halogenated alkanes) is 4. The van der Waals surface area contributed by atoms with Crippen molar-refractivity contribution in [3.8, 4) is 0 Å². The first-order chi connectivity index (χ1) is 5.83. The Kier molecular flexibility index (Phi) is 45.6. The van der Waals surface area contributed by atoms with Crippen molar-refractivity contribution in [2.45, 2.75) is 66.2 Å². The molecule has 0 unspecified atom stereocenters. The van der Waals surface area contributed by atoms with Crippen LogP contribution in [0.25, 0.3) is 0 Å². The van der Waals surface area contributed by atoms with Crippen LogP contribution in [0.15, 0.2) is 0 Å². The van der Waals surface area contributed by atoms with Gasteiger partial charge in [-0.05, 0) is 0 Å². The van der Waals surface area contributed by atoms with Crippen LogP contribution in [0.2, 0.25) is 0 Å². The monoisotopic (exact) mass is 176 g/mol. The van der Waals surface area contributed by atoms with Gasteiger partial charge in [-0.1, -0.05) is 66.2 Å². The zero-order chi connectivity index (χ0) is 10.2. The fourth-order valence-electron chi connectivity index (χ4n) is 0.707. The van der Waals surface area contributed by atoms with Gasteiger partial charge in [0.25, 0.3) is 0 Å². The summed E-state index contributed by atoms with van der Waals surface area (Å²) in [5, 5.41) is 7.00. The topological polar surface area (TPSA) is 20.2 Å². The van der Waals surface area contributed by atoms with E-state index in [0.717, 1.165) is 7.11 Å². The Morgan fingerprint density at radius 2 is 0.750 bits per heavy atom. The molecular weight excluding hydrogens is 148 g/mol. The second kappa shape index (κ2) is 30.6. The van der Waals surface area contributed by atoms with Gasteiger partial charge >= 0.3 is 0 Å². The molecule has 0 atom stereocenters. The Balaban J connectivity index is -0.000000112. The van der Waals surface area contributed by atoms with Crippen LogP contribution in [0.1, 0.15) is 66.2 Å². The van der Waals surface area contributed by atoms with E-state index in [1.807, 2.05) is 0 Å². The fraction of sp³-hybridized carbons (Fsp3) is 1.00. The van der Waals surface area contributed by atoms with Gasteiger partial charge in [-0.3, -0.25) is 0 Å². The van der Waals surface area contributed by atoms with Crippen LogP contribution in [-0.4, -0.2) is 12.2 Å². The third-order valence-electron chi connectivity index (χ3n) is 1.41. The van der Waals surface area contributed by atoms with E-state index in [9.17, 15) is 0 Å². The summed E-state index contributed by atoms with van der Waals surface area (Å²) >= 11 is 0. The summed E-state index contributed by atoms with van der Waals surface area (Å²) in [5.74, 6) is 0. The summed E-state index contributed by atoms with van der Waals surface area (Å²) in [5.41, 5.74) is 0. The molecule has 0 aliphatic rings. The van der Waals surface area contributed by atoms with Gasteiger partial charge in [-0.25, -0.2) is 0 Å². The highest BCUT2D eigenvalue weighted by molar-refractivity contribution is 4.24. The lowest BCUT2D eigenvalue weighted by Gasteiger charge is -1.79. The Bertz CT molecular complexity index is 26.0. The van der Waals surface area contributed by atoms with Crippen LogP contribution in [0.3, 0.4) is 0 Å². The van der Waals surface area contributed by atoms with E-state index in [4.69, 9.17) is 5.11 Å². The van der Waals surface area contributed by atoms with Crippen LogP contribution in [0.5, 0.6) is 0 Å². The molecule has 0 aromatic rings. The molecule has 0 saturated carbocycles. The predicted molar refractivity (Wildman–Crippen MR) is 58.5 cm³/mol. The lowest BCUT2D eigenvalue weighted by molar-refractivity contribution is 0.399. The lowest BCUT2D eigenvalue weighted by Crippen LogP contribution is -1.59. The Morgan fingerprint density at radius 1 is 0.583 bits per heavy atom. The van der Waals surface area contributed by atoms with Gasteiger partial charge in [-0.15, -0.1) is 0 Å². The van der Waals surface area contributed by atoms with Crippen LogP contribution in [0, 0.1) is 0 Å². The number of rotatable bonds is 4. The summed E-state index contributed by atoms with van der Waals surface area (Å²) in [7, 11) is 1.00. The van der Waals surface area contributed by atoms with Gasteiger partial charge in [0.15, 0.2) is 0 Å². The molecule has 0 radical (unpaired) electrons. The third kappa shape index (κ3) is 51.0. The first-order valence-corrected chi connectivity index (χ1v) is 5.28. The predicted octanol–water partition coefficient (Wildman–Crippen LogP) is 4.00. The summed E-state index contributed by atoms with van der Waals surface area (Å²) in [6.07, 6.45) is 8.15. The first kappa shape index (κ1) is 17.9. The zero-order valence-corrected chi connectivity index (χ0v) is 9.69. The lowest BCUT2D eigenvalue weighted by atomic mass is 10.3. The molecule has 0 heterocycles. The molecular formula is C11H28O. The van der Waals surface area contributed by atoms with Gasteiger partial charge < -0.3 is 5.11 Å². The van der Waals surface area contributed by atoms with Gasteiger partial charge in [0, 0.05) is 7.11 Å². The minimum atomic E-state index is 1.00. The van der Waals surface area contributed by atoms with E-state index in [1.165, 1.54) is 38.5 Å². The number of aliphatic hydroxyl groups is 1. The highest BCUT2D eigenvalue weighted by Crippen LogP contribution is 1.88. The molecule has 0 aromatic heterocycles. The molecule has 0 bridgehead atoms. The molecule has 0 spiro atoms. The minimum absolute atomic E-state index is 1.00. The summed E-state index contributed by atoms with van der Waals surface area (Å²) in [4.78, 5) is 0. The van der Waals surface area contributed by atoms with Crippen LogP contribution < -0.4 is 0 Å². The average molecular weight is 176 g/mol. The maximum Gasteiger partial charge on any atom is 0.0319 e. The molecule has 0 rings (SSSR count). The van der Waals surface area contributed by atoms with Gasteiger partial charge in [0.05, 0.1) is 0 Å². The van der Waals surface area contributed by atoms with Gasteiger partial charge in [0.1, 0.15) is 0 Å². The molecule has 0 saturated heterocycles. The highest BCUT2D eigenvalue weighted by atomic mass is 16.2. The Morgan fingerprint density at radius 3 is 0.750 bits per heavy atom. The molecule has 0 aromatic carbocycles. The van der Waals surface area contributed by atoms with E-state index >= 15 is 0 Å². The molecule has 0 aliphatic heterocycles. The minimum Gasteiger partial charge on any atom is -0.400 e. The van der Waals surface area contributed by atoms with Crippen LogP contribution in [0.4, 0.5) is 0 Å².